The third-order valence-electron chi connectivity index (χ3n) is 5.84. The van der Waals surface area contributed by atoms with Crippen LogP contribution in [-0.2, 0) is 21.5 Å². The average molecular weight is 420 g/mol. The first-order valence-corrected chi connectivity index (χ1v) is 10.2. The molecule has 0 saturated carbocycles. The molecule has 1 fully saturated rings. The van der Waals surface area contributed by atoms with Crippen molar-refractivity contribution >= 4 is 29.6 Å². The van der Waals surface area contributed by atoms with Crippen LogP contribution in [-0.4, -0.2) is 35.3 Å². The monoisotopic (exact) mass is 420 g/mol. The number of rotatable bonds is 3. The molecule has 1 aliphatic heterocycles. The molecule has 3 N–H and O–H groups in total. The van der Waals surface area contributed by atoms with E-state index in [1.54, 1.807) is 6.07 Å². The van der Waals surface area contributed by atoms with Crippen molar-refractivity contribution in [1.82, 2.24) is 15.5 Å². The first-order chi connectivity index (χ1) is 14.8. The number of nitrogens with one attached hydrogen (secondary N) is 3. The average Bonchev–Trinajstić information content (AvgIpc) is 2.95. The highest BCUT2D eigenvalue weighted by Crippen LogP contribution is 2.39. The fourth-order valence-electron chi connectivity index (χ4n) is 4.37. The Morgan fingerprint density at radius 1 is 1.13 bits per heavy atom. The van der Waals surface area contributed by atoms with Crippen molar-refractivity contribution in [3.05, 3.63) is 64.7 Å². The molecule has 0 bridgehead atoms. The molecule has 0 radical (unpaired) electrons. The molecule has 8 heteroatoms. The summed E-state index contributed by atoms with van der Waals surface area (Å²) in [6.45, 7) is 3.25. The second kappa shape index (κ2) is 7.86. The van der Waals surface area contributed by atoms with Crippen LogP contribution < -0.4 is 16.0 Å². The number of aryl methyl sites for hydroxylation is 3. The van der Waals surface area contributed by atoms with Crippen molar-refractivity contribution < 1.29 is 19.2 Å². The molecule has 2 aromatic carbocycles. The zero-order valence-electron chi connectivity index (χ0n) is 17.5. The first-order valence-electron chi connectivity index (χ1n) is 10.2. The van der Waals surface area contributed by atoms with E-state index >= 15 is 0 Å². The van der Waals surface area contributed by atoms with Gasteiger partial charge in [-0.3, -0.25) is 19.8 Å². The maximum atomic E-state index is 13.2. The van der Waals surface area contributed by atoms with E-state index in [1.165, 1.54) is 0 Å². The molecule has 1 unspecified atom stereocenters. The Labute approximate surface area is 180 Å². The van der Waals surface area contributed by atoms with E-state index in [1.807, 2.05) is 50.2 Å². The predicted octanol–water partition coefficient (Wildman–Crippen LogP) is 2.74. The molecule has 2 aromatic rings. The molecule has 1 spiro atoms. The Hall–Kier alpha value is -3.68. The minimum atomic E-state index is -1.15. The summed E-state index contributed by atoms with van der Waals surface area (Å²) in [5, 5.41) is 7.59. The van der Waals surface area contributed by atoms with Gasteiger partial charge in [0.05, 0.1) is 0 Å². The summed E-state index contributed by atoms with van der Waals surface area (Å²) in [6, 6.07) is 11.7. The van der Waals surface area contributed by atoms with E-state index in [2.05, 4.69) is 16.0 Å². The number of carbonyl (C=O) groups is 4. The molecule has 160 valence electrons. The van der Waals surface area contributed by atoms with E-state index in [0.29, 0.717) is 12.1 Å². The number of anilines is 1. The van der Waals surface area contributed by atoms with Crippen LogP contribution >= 0.6 is 0 Å². The summed E-state index contributed by atoms with van der Waals surface area (Å²) in [5.41, 5.74) is 3.12. The number of nitrogens with zero attached hydrogens (tertiary/aromatic N) is 1. The van der Waals surface area contributed by atoms with E-state index in [4.69, 9.17) is 0 Å². The summed E-state index contributed by atoms with van der Waals surface area (Å²) in [5.74, 6) is -1.21. The second-order valence-electron chi connectivity index (χ2n) is 8.06. The van der Waals surface area contributed by atoms with Crippen LogP contribution in [0.4, 0.5) is 15.3 Å². The highest BCUT2D eigenvalue weighted by molar-refractivity contribution is 6.11. The summed E-state index contributed by atoms with van der Waals surface area (Å²) in [6.07, 6.45) is 2.06. The van der Waals surface area contributed by atoms with Gasteiger partial charge in [0.2, 0.25) is 5.91 Å². The van der Waals surface area contributed by atoms with E-state index in [9.17, 15) is 19.2 Å². The zero-order chi connectivity index (χ0) is 22.2. The Bertz CT molecular complexity index is 1100. The molecule has 0 aromatic heterocycles. The first kappa shape index (κ1) is 20.6. The maximum Gasteiger partial charge on any atom is 0.325 e. The van der Waals surface area contributed by atoms with Gasteiger partial charge >= 0.3 is 12.1 Å². The molecule has 1 aliphatic carbocycles. The molecule has 2 aliphatic rings. The van der Waals surface area contributed by atoms with Crippen molar-refractivity contribution in [2.24, 2.45) is 0 Å². The third kappa shape index (κ3) is 3.76. The topological polar surface area (TPSA) is 108 Å². The fraction of sp³-hybridized carbons (Fsp3) is 0.304. The molecule has 8 nitrogen and oxygen atoms in total. The minimum Gasteiger partial charge on any atom is -0.319 e. The van der Waals surface area contributed by atoms with Gasteiger partial charge in [0, 0.05) is 5.69 Å². The Kier molecular flexibility index (Phi) is 5.22. The second-order valence-corrected chi connectivity index (χ2v) is 8.06. The van der Waals surface area contributed by atoms with E-state index in [0.717, 1.165) is 40.0 Å². The number of amides is 6. The van der Waals surface area contributed by atoms with Crippen LogP contribution in [0.15, 0.2) is 42.5 Å². The quantitative estimate of drug-likeness (QED) is 0.664. The molecule has 1 atom stereocenters. The lowest BCUT2D eigenvalue weighted by atomic mass is 9.76. The highest BCUT2D eigenvalue weighted by atomic mass is 16.2. The number of fused-ring (bicyclic) bond motifs is 2. The van der Waals surface area contributed by atoms with Gasteiger partial charge in [0.15, 0.2) is 0 Å². The number of imide groups is 2. The van der Waals surface area contributed by atoms with Gasteiger partial charge in [0.25, 0.3) is 5.91 Å². The van der Waals surface area contributed by atoms with Crippen molar-refractivity contribution in [2.45, 2.75) is 38.6 Å². The van der Waals surface area contributed by atoms with Gasteiger partial charge in [-0.15, -0.1) is 0 Å². The van der Waals surface area contributed by atoms with Gasteiger partial charge in [-0.1, -0.05) is 42.0 Å². The van der Waals surface area contributed by atoms with Gasteiger partial charge in [-0.2, -0.15) is 0 Å². The SMILES string of the molecule is Cc1ccc(NC(=O)NC(=O)CN2C(=O)NC3(CCCc4ccccc43)C2=O)c(C)c1. The Morgan fingerprint density at radius 3 is 2.68 bits per heavy atom. The van der Waals surface area contributed by atoms with Crippen molar-refractivity contribution in [2.75, 3.05) is 11.9 Å². The smallest absolute Gasteiger partial charge is 0.319 e. The van der Waals surface area contributed by atoms with Crippen LogP contribution in [0.5, 0.6) is 0 Å². The standard InChI is InChI=1S/C23H24N4O4/c1-14-9-10-18(15(2)12-14)24-21(30)25-19(28)13-27-20(29)23(26-22(27)31)11-5-7-16-6-3-4-8-17(16)23/h3-4,6,8-10,12H,5,7,11,13H2,1-2H3,(H,26,31)(H2,24,25,28,30). The lowest BCUT2D eigenvalue weighted by molar-refractivity contribution is -0.135. The normalized spacial score (nSPS) is 19.7. The fourth-order valence-corrected chi connectivity index (χ4v) is 4.37. The predicted molar refractivity (Wildman–Crippen MR) is 114 cm³/mol. The summed E-state index contributed by atoms with van der Waals surface area (Å²) in [7, 11) is 0. The Morgan fingerprint density at radius 2 is 1.90 bits per heavy atom. The van der Waals surface area contributed by atoms with Crippen LogP contribution in [0.25, 0.3) is 0 Å². The minimum absolute atomic E-state index is 0.463. The summed E-state index contributed by atoms with van der Waals surface area (Å²) >= 11 is 0. The zero-order valence-corrected chi connectivity index (χ0v) is 17.5. The van der Waals surface area contributed by atoms with Gasteiger partial charge in [-0.05, 0) is 55.9 Å². The number of urea groups is 2. The summed E-state index contributed by atoms with van der Waals surface area (Å²) in [4.78, 5) is 51.3. The third-order valence-corrected chi connectivity index (χ3v) is 5.84. The van der Waals surface area contributed by atoms with Crippen LogP contribution in [0.3, 0.4) is 0 Å². The van der Waals surface area contributed by atoms with Crippen molar-refractivity contribution in [1.29, 1.82) is 0 Å². The van der Waals surface area contributed by atoms with Gasteiger partial charge < -0.3 is 10.6 Å². The number of hydrogen-bond acceptors (Lipinski definition) is 4. The molecule has 1 heterocycles. The van der Waals surface area contributed by atoms with Crippen molar-refractivity contribution in [3.8, 4) is 0 Å². The molecule has 4 rings (SSSR count). The van der Waals surface area contributed by atoms with Crippen LogP contribution in [0, 0.1) is 13.8 Å². The number of benzene rings is 2. The largest absolute Gasteiger partial charge is 0.325 e. The van der Waals surface area contributed by atoms with Gasteiger partial charge in [0.1, 0.15) is 12.1 Å². The van der Waals surface area contributed by atoms with Gasteiger partial charge in [-0.25, -0.2) is 9.59 Å². The maximum absolute atomic E-state index is 13.2. The highest BCUT2D eigenvalue weighted by Gasteiger charge is 2.54. The lowest BCUT2D eigenvalue weighted by Crippen LogP contribution is -2.47. The van der Waals surface area contributed by atoms with Crippen LogP contribution in [0.2, 0.25) is 0 Å². The van der Waals surface area contributed by atoms with Crippen LogP contribution in [0.1, 0.15) is 35.1 Å². The molecule has 31 heavy (non-hydrogen) atoms. The molecule has 1 saturated heterocycles. The van der Waals surface area contributed by atoms with E-state index in [-0.39, 0.29) is 0 Å². The Balaban J connectivity index is 1.44. The molecule has 6 amide bonds. The summed E-state index contributed by atoms with van der Waals surface area (Å²) < 4.78 is 0. The number of carbonyl (C=O) groups excluding carboxylic acids is 4. The lowest BCUT2D eigenvalue weighted by Gasteiger charge is -2.33. The molecular weight excluding hydrogens is 396 g/mol. The van der Waals surface area contributed by atoms with Crippen molar-refractivity contribution in [3.63, 3.8) is 0 Å². The van der Waals surface area contributed by atoms with E-state index < -0.39 is 36.0 Å². The number of hydrogen-bond donors (Lipinski definition) is 3. The molecular formula is C23H24N4O4.